The highest BCUT2D eigenvalue weighted by Gasteiger charge is 2.27. The van der Waals surface area contributed by atoms with Crippen molar-refractivity contribution in [2.75, 3.05) is 45.9 Å². The first-order valence-electron chi connectivity index (χ1n) is 10.4. The normalized spacial score (nSPS) is 24.8. The monoisotopic (exact) mass is 376 g/mol. The molecule has 2 fully saturated rings. The van der Waals surface area contributed by atoms with Crippen LogP contribution in [0.2, 0.25) is 0 Å². The first-order valence-corrected chi connectivity index (χ1v) is 10.4. The van der Waals surface area contributed by atoms with Crippen LogP contribution in [0.1, 0.15) is 45.3 Å². The van der Waals surface area contributed by atoms with Crippen LogP contribution >= 0.6 is 0 Å². The van der Waals surface area contributed by atoms with E-state index in [1.165, 1.54) is 25.9 Å². The highest BCUT2D eigenvalue weighted by Crippen LogP contribution is 2.22. The lowest BCUT2D eigenvalue weighted by molar-refractivity contribution is -0.00807. The Morgan fingerprint density at radius 1 is 1.41 bits per heavy atom. The lowest BCUT2D eigenvalue weighted by Gasteiger charge is -2.35. The zero-order valence-corrected chi connectivity index (χ0v) is 17.4. The van der Waals surface area contributed by atoms with Crippen molar-refractivity contribution in [2.45, 2.75) is 45.8 Å². The zero-order chi connectivity index (χ0) is 19.2. The summed E-state index contributed by atoms with van der Waals surface area (Å²) in [6.45, 7) is 13.3. The fourth-order valence-electron chi connectivity index (χ4n) is 4.08. The van der Waals surface area contributed by atoms with Gasteiger partial charge in [-0.1, -0.05) is 13.8 Å². The second-order valence-electron chi connectivity index (χ2n) is 8.13. The van der Waals surface area contributed by atoms with Gasteiger partial charge in [0.1, 0.15) is 6.10 Å². The molecule has 2 saturated heterocycles. The third-order valence-electron chi connectivity index (χ3n) is 5.35. The van der Waals surface area contributed by atoms with E-state index >= 15 is 0 Å². The van der Waals surface area contributed by atoms with Crippen molar-refractivity contribution in [3.63, 3.8) is 0 Å². The Labute approximate surface area is 163 Å². The van der Waals surface area contributed by atoms with Crippen LogP contribution in [0.4, 0.5) is 0 Å². The molecule has 0 aliphatic carbocycles. The van der Waals surface area contributed by atoms with Crippen LogP contribution in [0.5, 0.6) is 0 Å². The molecule has 1 aromatic rings. The molecule has 1 unspecified atom stereocenters. The molecule has 2 aliphatic heterocycles. The maximum Gasteiger partial charge on any atom is 0.194 e. The Balaban J connectivity index is 1.64. The van der Waals surface area contributed by atoms with Crippen molar-refractivity contribution in [2.24, 2.45) is 18.0 Å². The van der Waals surface area contributed by atoms with E-state index in [-0.39, 0.29) is 6.10 Å². The molecule has 1 N–H and O–H groups in total. The second kappa shape index (κ2) is 9.55. The molecule has 0 aromatic carbocycles. The number of aliphatic imine (C=N–C) groups is 1. The summed E-state index contributed by atoms with van der Waals surface area (Å²) in [5.41, 5.74) is 1.14. The number of nitrogens with one attached hydrogen (secondary N) is 1. The van der Waals surface area contributed by atoms with E-state index in [4.69, 9.17) is 9.73 Å². The van der Waals surface area contributed by atoms with Crippen LogP contribution in [0.3, 0.4) is 0 Å². The molecule has 3 heterocycles. The predicted molar refractivity (Wildman–Crippen MR) is 109 cm³/mol. The molecule has 2 atom stereocenters. The van der Waals surface area contributed by atoms with Gasteiger partial charge in [-0.25, -0.2) is 0 Å². The van der Waals surface area contributed by atoms with Gasteiger partial charge in [0.2, 0.25) is 0 Å². The molecule has 7 nitrogen and oxygen atoms in total. The van der Waals surface area contributed by atoms with E-state index < -0.39 is 0 Å². The molecular formula is C20H36N6O. The number of hydrogen-bond acceptors (Lipinski definition) is 4. The predicted octanol–water partition coefficient (Wildman–Crippen LogP) is 1.88. The number of morpholine rings is 1. The Hall–Kier alpha value is -1.60. The number of nitrogens with zero attached hydrogens (tertiary/aromatic N) is 5. The lowest BCUT2D eigenvalue weighted by atomic mass is 10.1. The summed E-state index contributed by atoms with van der Waals surface area (Å²) in [6, 6.07) is 0.580. The van der Waals surface area contributed by atoms with Crippen molar-refractivity contribution in [1.82, 2.24) is 24.9 Å². The summed E-state index contributed by atoms with van der Waals surface area (Å²) in [5, 5.41) is 7.78. The molecular weight excluding hydrogens is 340 g/mol. The molecule has 1 aromatic heterocycles. The largest absolute Gasteiger partial charge is 0.370 e. The van der Waals surface area contributed by atoms with Gasteiger partial charge in [-0.3, -0.25) is 14.6 Å². The van der Waals surface area contributed by atoms with Crippen molar-refractivity contribution in [3.05, 3.63) is 18.0 Å². The van der Waals surface area contributed by atoms with Crippen molar-refractivity contribution in [3.8, 4) is 0 Å². The van der Waals surface area contributed by atoms with E-state index in [2.05, 4.69) is 41.0 Å². The summed E-state index contributed by atoms with van der Waals surface area (Å²) in [6.07, 6.45) is 6.56. The second-order valence-corrected chi connectivity index (χ2v) is 8.13. The van der Waals surface area contributed by atoms with E-state index in [0.717, 1.165) is 37.7 Å². The van der Waals surface area contributed by atoms with E-state index in [1.54, 1.807) is 0 Å². The summed E-state index contributed by atoms with van der Waals surface area (Å²) in [4.78, 5) is 9.98. The Morgan fingerprint density at radius 2 is 2.26 bits per heavy atom. The number of likely N-dealkylation sites (tertiary alicyclic amines) is 1. The average molecular weight is 377 g/mol. The van der Waals surface area contributed by atoms with Gasteiger partial charge in [0.25, 0.3) is 0 Å². The molecule has 3 rings (SSSR count). The minimum absolute atomic E-state index is 0.0558. The number of rotatable bonds is 6. The van der Waals surface area contributed by atoms with Gasteiger partial charge in [0.05, 0.1) is 25.9 Å². The number of hydrogen-bond donors (Lipinski definition) is 1. The summed E-state index contributed by atoms with van der Waals surface area (Å²) >= 11 is 0. The van der Waals surface area contributed by atoms with Crippen molar-refractivity contribution >= 4 is 5.96 Å². The standard InChI is InChI=1S/C20H36N6O/c1-5-21-20(22-12-18-7-6-8-25(18)13-16(2)3)26-9-10-27-19(15-26)17-11-23-24(4)14-17/h11,14,16,18-19H,5-10,12-13,15H2,1-4H3,(H,21,22)/t18-,19?/m1/s1. The summed E-state index contributed by atoms with van der Waals surface area (Å²) < 4.78 is 7.82. The number of ether oxygens (including phenoxy) is 1. The molecule has 2 aliphatic rings. The van der Waals surface area contributed by atoms with Crippen molar-refractivity contribution < 1.29 is 4.74 Å². The van der Waals surface area contributed by atoms with Gasteiger partial charge in [0.15, 0.2) is 5.96 Å². The first kappa shape index (κ1) is 20.1. The highest BCUT2D eigenvalue weighted by atomic mass is 16.5. The van der Waals surface area contributed by atoms with Gasteiger partial charge in [-0.15, -0.1) is 0 Å². The minimum Gasteiger partial charge on any atom is -0.370 e. The fraction of sp³-hybridized carbons (Fsp3) is 0.800. The maximum atomic E-state index is 5.99. The third-order valence-corrected chi connectivity index (χ3v) is 5.35. The van der Waals surface area contributed by atoms with Crippen LogP contribution in [0.25, 0.3) is 0 Å². The van der Waals surface area contributed by atoms with Crippen LogP contribution in [0, 0.1) is 5.92 Å². The fourth-order valence-corrected chi connectivity index (χ4v) is 4.08. The summed E-state index contributed by atoms with van der Waals surface area (Å²) in [5.74, 6) is 1.73. The van der Waals surface area contributed by atoms with Gasteiger partial charge < -0.3 is 15.0 Å². The number of aromatic nitrogens is 2. The van der Waals surface area contributed by atoms with Gasteiger partial charge in [-0.05, 0) is 32.2 Å². The molecule has 7 heteroatoms. The Kier molecular flexibility index (Phi) is 7.13. The van der Waals surface area contributed by atoms with Crippen LogP contribution < -0.4 is 5.32 Å². The molecule has 0 spiro atoms. The van der Waals surface area contributed by atoms with E-state index in [1.807, 2.05) is 24.1 Å². The van der Waals surface area contributed by atoms with E-state index in [9.17, 15) is 0 Å². The minimum atomic E-state index is 0.0558. The Bertz CT molecular complexity index is 613. The molecule has 0 radical (unpaired) electrons. The van der Waals surface area contributed by atoms with Gasteiger partial charge in [-0.2, -0.15) is 5.10 Å². The third kappa shape index (κ3) is 5.45. The average Bonchev–Trinajstić information content (AvgIpc) is 3.27. The number of aryl methyl sites for hydroxylation is 1. The number of guanidine groups is 1. The van der Waals surface area contributed by atoms with Crippen LogP contribution in [-0.2, 0) is 11.8 Å². The maximum absolute atomic E-state index is 5.99. The van der Waals surface area contributed by atoms with Crippen LogP contribution in [-0.4, -0.2) is 77.5 Å². The first-order chi connectivity index (χ1) is 13.1. The molecule has 152 valence electrons. The van der Waals surface area contributed by atoms with E-state index in [0.29, 0.717) is 18.6 Å². The van der Waals surface area contributed by atoms with Crippen molar-refractivity contribution in [1.29, 1.82) is 0 Å². The molecule has 0 amide bonds. The zero-order valence-electron chi connectivity index (χ0n) is 17.4. The van der Waals surface area contributed by atoms with Gasteiger partial charge in [0, 0.05) is 44.5 Å². The highest BCUT2D eigenvalue weighted by molar-refractivity contribution is 5.80. The lowest BCUT2D eigenvalue weighted by Crippen LogP contribution is -2.48. The molecule has 27 heavy (non-hydrogen) atoms. The Morgan fingerprint density at radius 3 is 2.96 bits per heavy atom. The van der Waals surface area contributed by atoms with Crippen LogP contribution in [0.15, 0.2) is 17.4 Å². The van der Waals surface area contributed by atoms with Gasteiger partial charge >= 0.3 is 0 Å². The molecule has 0 saturated carbocycles. The quantitative estimate of drug-likeness (QED) is 0.607. The molecule has 0 bridgehead atoms. The topological polar surface area (TPSA) is 57.9 Å². The summed E-state index contributed by atoms with van der Waals surface area (Å²) in [7, 11) is 1.94. The SMILES string of the molecule is CCNC(=NC[C@H]1CCCN1CC(C)C)N1CCOC(c2cnn(C)c2)C1. The smallest absolute Gasteiger partial charge is 0.194 e.